The number of hydrogen-bond donors (Lipinski definition) is 1. The second kappa shape index (κ2) is 5.49. The highest BCUT2D eigenvalue weighted by atomic mass is 35.5. The van der Waals surface area contributed by atoms with Gasteiger partial charge in [0.25, 0.3) is 0 Å². The number of benzene rings is 1. The molecule has 2 aromatic rings. The normalized spacial score (nSPS) is 10.8. The lowest BCUT2D eigenvalue weighted by molar-refractivity contribution is 0.617. The summed E-state index contributed by atoms with van der Waals surface area (Å²) in [4.78, 5) is 0. The number of hydrogen-bond acceptors (Lipinski definition) is 3. The minimum absolute atomic E-state index is 0.546. The monoisotopic (exact) mass is 270 g/mol. The third-order valence-corrected chi connectivity index (χ3v) is 3.15. The lowest BCUT2D eigenvalue weighted by Crippen LogP contribution is -2.11. The predicted molar refractivity (Wildman–Crippen MR) is 68.3 cm³/mol. The average Bonchev–Trinajstić information content (AvgIpc) is 2.72. The van der Waals surface area contributed by atoms with Crippen molar-refractivity contribution >= 4 is 23.2 Å². The number of nitrogens with zero attached hydrogens (tertiary/aromatic N) is 3. The van der Waals surface area contributed by atoms with Crippen molar-refractivity contribution in [1.82, 2.24) is 15.0 Å². The lowest BCUT2D eigenvalue weighted by atomic mass is 10.2. The Kier molecular flexibility index (Phi) is 3.99. The van der Waals surface area contributed by atoms with Gasteiger partial charge in [-0.15, -0.1) is 5.10 Å². The fourth-order valence-corrected chi connectivity index (χ4v) is 1.89. The van der Waals surface area contributed by atoms with E-state index in [1.165, 1.54) is 0 Å². The first-order chi connectivity index (χ1) is 8.20. The highest BCUT2D eigenvalue weighted by molar-refractivity contribution is 6.42. The molecule has 0 spiro atoms. The summed E-state index contributed by atoms with van der Waals surface area (Å²) in [6.45, 7) is 1.20. The van der Waals surface area contributed by atoms with E-state index in [4.69, 9.17) is 28.9 Å². The van der Waals surface area contributed by atoms with E-state index in [2.05, 4.69) is 10.3 Å². The second-order valence-electron chi connectivity index (χ2n) is 3.67. The van der Waals surface area contributed by atoms with Crippen LogP contribution in [-0.4, -0.2) is 21.5 Å². The smallest absolute Gasteiger partial charge is 0.0725 e. The number of aromatic nitrogens is 3. The summed E-state index contributed by atoms with van der Waals surface area (Å²) in [5, 5.41) is 8.99. The van der Waals surface area contributed by atoms with E-state index in [9.17, 15) is 0 Å². The molecule has 0 atom stereocenters. The van der Waals surface area contributed by atoms with Gasteiger partial charge in [0.2, 0.25) is 0 Å². The van der Waals surface area contributed by atoms with Crippen LogP contribution in [0.5, 0.6) is 0 Å². The van der Waals surface area contributed by atoms with Gasteiger partial charge in [0.05, 0.1) is 28.5 Å². The molecule has 0 unspecified atom stereocenters. The quantitative estimate of drug-likeness (QED) is 0.926. The van der Waals surface area contributed by atoms with Gasteiger partial charge in [-0.25, -0.2) is 4.68 Å². The van der Waals surface area contributed by atoms with Gasteiger partial charge in [-0.05, 0) is 24.2 Å². The van der Waals surface area contributed by atoms with Gasteiger partial charge in [-0.1, -0.05) is 34.5 Å². The van der Waals surface area contributed by atoms with Crippen molar-refractivity contribution in [1.29, 1.82) is 0 Å². The molecule has 1 heterocycles. The fourth-order valence-electron chi connectivity index (χ4n) is 1.56. The summed E-state index contributed by atoms with van der Waals surface area (Å²) >= 11 is 11.8. The molecule has 2 rings (SSSR count). The Morgan fingerprint density at radius 1 is 1.24 bits per heavy atom. The molecule has 0 aliphatic carbocycles. The van der Waals surface area contributed by atoms with Crippen molar-refractivity contribution in [2.45, 2.75) is 13.0 Å². The van der Waals surface area contributed by atoms with Crippen molar-refractivity contribution in [2.24, 2.45) is 5.73 Å². The predicted octanol–water partition coefficient (Wildman–Crippen LogP) is 2.13. The zero-order chi connectivity index (χ0) is 12.3. The SMILES string of the molecule is NCCc1cnnn1Cc1ccc(Cl)c(Cl)c1. The molecule has 90 valence electrons. The molecule has 1 aromatic carbocycles. The number of rotatable bonds is 4. The Labute approximate surface area is 109 Å². The fraction of sp³-hybridized carbons (Fsp3) is 0.273. The summed E-state index contributed by atoms with van der Waals surface area (Å²) in [5.74, 6) is 0. The number of nitrogens with two attached hydrogens (primary N) is 1. The standard InChI is InChI=1S/C11H12Cl2N4/c12-10-2-1-8(5-11(10)13)7-17-9(3-4-14)6-15-16-17/h1-2,5-6H,3-4,7,14H2. The Hall–Kier alpha value is -1.10. The van der Waals surface area contributed by atoms with Crippen molar-refractivity contribution in [3.63, 3.8) is 0 Å². The van der Waals surface area contributed by atoms with E-state index in [0.29, 0.717) is 23.1 Å². The highest BCUT2D eigenvalue weighted by Crippen LogP contribution is 2.23. The van der Waals surface area contributed by atoms with Gasteiger partial charge in [-0.2, -0.15) is 0 Å². The Morgan fingerprint density at radius 2 is 2.06 bits per heavy atom. The van der Waals surface area contributed by atoms with E-state index in [0.717, 1.165) is 17.7 Å². The summed E-state index contributed by atoms with van der Waals surface area (Å²) in [6.07, 6.45) is 2.48. The zero-order valence-electron chi connectivity index (χ0n) is 9.11. The van der Waals surface area contributed by atoms with Crippen LogP contribution in [0.4, 0.5) is 0 Å². The minimum atomic E-state index is 0.546. The van der Waals surface area contributed by atoms with Crippen molar-refractivity contribution in [3.05, 3.63) is 45.7 Å². The maximum atomic E-state index is 5.96. The van der Waals surface area contributed by atoms with Gasteiger partial charge in [0, 0.05) is 6.42 Å². The topological polar surface area (TPSA) is 56.7 Å². The highest BCUT2D eigenvalue weighted by Gasteiger charge is 2.05. The van der Waals surface area contributed by atoms with E-state index < -0.39 is 0 Å². The third-order valence-electron chi connectivity index (χ3n) is 2.41. The lowest BCUT2D eigenvalue weighted by Gasteiger charge is -2.06. The van der Waals surface area contributed by atoms with Crippen molar-refractivity contribution in [2.75, 3.05) is 6.54 Å². The molecule has 0 fully saturated rings. The molecule has 4 nitrogen and oxygen atoms in total. The molecule has 6 heteroatoms. The van der Waals surface area contributed by atoms with Gasteiger partial charge >= 0.3 is 0 Å². The molecule has 0 saturated carbocycles. The maximum Gasteiger partial charge on any atom is 0.0725 e. The Morgan fingerprint density at radius 3 is 2.76 bits per heavy atom. The van der Waals surface area contributed by atoms with Crippen LogP contribution < -0.4 is 5.73 Å². The van der Waals surface area contributed by atoms with Crippen LogP contribution in [0.15, 0.2) is 24.4 Å². The van der Waals surface area contributed by atoms with Crippen LogP contribution in [0, 0.1) is 0 Å². The van der Waals surface area contributed by atoms with Crippen LogP contribution in [0.25, 0.3) is 0 Å². The maximum absolute atomic E-state index is 5.96. The second-order valence-corrected chi connectivity index (χ2v) is 4.48. The molecule has 0 aliphatic rings. The largest absolute Gasteiger partial charge is 0.330 e. The first-order valence-electron chi connectivity index (χ1n) is 5.22. The van der Waals surface area contributed by atoms with Crippen LogP contribution in [0.3, 0.4) is 0 Å². The van der Waals surface area contributed by atoms with Crippen LogP contribution >= 0.6 is 23.2 Å². The Bertz CT molecular complexity index is 510. The van der Waals surface area contributed by atoms with E-state index in [1.807, 2.05) is 16.8 Å². The van der Waals surface area contributed by atoms with Gasteiger partial charge < -0.3 is 5.73 Å². The first kappa shape index (κ1) is 12.4. The van der Waals surface area contributed by atoms with Gasteiger partial charge in [0.15, 0.2) is 0 Å². The first-order valence-corrected chi connectivity index (χ1v) is 5.97. The van der Waals surface area contributed by atoms with Gasteiger partial charge in [-0.3, -0.25) is 0 Å². The molecule has 0 radical (unpaired) electrons. The molecule has 17 heavy (non-hydrogen) atoms. The minimum Gasteiger partial charge on any atom is -0.330 e. The molecule has 0 saturated heterocycles. The zero-order valence-corrected chi connectivity index (χ0v) is 10.6. The molecule has 0 amide bonds. The van der Waals surface area contributed by atoms with E-state index in [1.54, 1.807) is 12.3 Å². The van der Waals surface area contributed by atoms with Crippen LogP contribution in [0.1, 0.15) is 11.3 Å². The van der Waals surface area contributed by atoms with Crippen molar-refractivity contribution in [3.8, 4) is 0 Å². The molecule has 1 aromatic heterocycles. The molecule has 0 aliphatic heterocycles. The van der Waals surface area contributed by atoms with E-state index >= 15 is 0 Å². The summed E-state index contributed by atoms with van der Waals surface area (Å²) in [6, 6.07) is 5.53. The third kappa shape index (κ3) is 2.97. The van der Waals surface area contributed by atoms with Crippen LogP contribution in [-0.2, 0) is 13.0 Å². The number of halogens is 2. The van der Waals surface area contributed by atoms with Gasteiger partial charge in [0.1, 0.15) is 0 Å². The van der Waals surface area contributed by atoms with Crippen molar-refractivity contribution < 1.29 is 0 Å². The van der Waals surface area contributed by atoms with E-state index in [-0.39, 0.29) is 0 Å². The Balaban J connectivity index is 2.19. The van der Waals surface area contributed by atoms with Crippen LogP contribution in [0.2, 0.25) is 10.0 Å². The molecular formula is C11H12Cl2N4. The molecule has 2 N–H and O–H groups in total. The molecular weight excluding hydrogens is 259 g/mol. The molecule has 0 bridgehead atoms. The average molecular weight is 271 g/mol. The summed E-state index contributed by atoms with van der Waals surface area (Å²) in [5.41, 5.74) is 7.56. The summed E-state index contributed by atoms with van der Waals surface area (Å²) < 4.78 is 1.81. The summed E-state index contributed by atoms with van der Waals surface area (Å²) in [7, 11) is 0.